The molecule has 1 N–H and O–H groups in total. The van der Waals surface area contributed by atoms with E-state index in [1.807, 2.05) is 0 Å². The van der Waals surface area contributed by atoms with Gasteiger partial charge in [-0.15, -0.1) is 0 Å². The first-order valence-corrected chi connectivity index (χ1v) is 5.15. The van der Waals surface area contributed by atoms with Gasteiger partial charge in [0.15, 0.2) is 0 Å². The monoisotopic (exact) mass is 171 g/mol. The second kappa shape index (κ2) is 3.33. The number of hydrogen-bond donors (Lipinski definition) is 1. The zero-order chi connectivity index (χ0) is 8.55. The average molecular weight is 171 g/mol. The average Bonchev–Trinajstić information content (AvgIpc) is 2.04. The van der Waals surface area contributed by atoms with Crippen molar-refractivity contribution in [1.29, 1.82) is 0 Å². The molecular weight excluding hydrogens is 153 g/mol. The van der Waals surface area contributed by atoms with E-state index in [1.54, 1.807) is 0 Å². The molecule has 0 bridgehead atoms. The molecule has 1 aliphatic heterocycles. The number of halogens is 1. The van der Waals surface area contributed by atoms with E-state index >= 15 is 0 Å². The predicted molar refractivity (Wildman–Crippen MR) is 47.8 cm³/mol. The van der Waals surface area contributed by atoms with Gasteiger partial charge in [0.25, 0.3) is 0 Å². The van der Waals surface area contributed by atoms with Crippen molar-refractivity contribution in [2.45, 2.75) is 44.8 Å². The van der Waals surface area contributed by atoms with Crippen LogP contribution in [0.1, 0.15) is 32.6 Å². The smallest absolute Gasteiger partial charge is 0.116 e. The number of piperidine rings is 1. The number of hydrogen-bond acceptors (Lipinski definition) is 1. The van der Waals surface area contributed by atoms with Crippen LogP contribution >= 0.6 is 0 Å². The van der Waals surface area contributed by atoms with Crippen LogP contribution in [0.2, 0.25) is 0 Å². The van der Waals surface area contributed by atoms with Gasteiger partial charge in [-0.05, 0) is 37.6 Å². The van der Waals surface area contributed by atoms with Crippen LogP contribution < -0.4 is 5.32 Å². The second-order valence-electron chi connectivity index (χ2n) is 4.48. The molecule has 0 aromatic heterocycles. The molecule has 2 aliphatic rings. The Morgan fingerprint density at radius 1 is 1.33 bits per heavy atom. The summed E-state index contributed by atoms with van der Waals surface area (Å²) < 4.78 is 13.4. The molecule has 0 amide bonds. The van der Waals surface area contributed by atoms with E-state index in [1.165, 1.54) is 12.8 Å². The van der Waals surface area contributed by atoms with Gasteiger partial charge >= 0.3 is 0 Å². The minimum atomic E-state index is -0.573. The Balaban J connectivity index is 1.99. The fraction of sp³-hybridized carbons (Fsp3) is 1.00. The first kappa shape index (κ1) is 8.49. The lowest BCUT2D eigenvalue weighted by Crippen LogP contribution is -2.51. The zero-order valence-electron chi connectivity index (χ0n) is 7.72. The lowest BCUT2D eigenvalue weighted by Gasteiger charge is -2.40. The van der Waals surface area contributed by atoms with Crippen LogP contribution in [0, 0.1) is 11.8 Å². The number of rotatable bonds is 0. The Bertz CT molecular complexity index is 160. The molecule has 4 unspecified atom stereocenters. The van der Waals surface area contributed by atoms with Crippen LogP contribution in [0.15, 0.2) is 0 Å². The van der Waals surface area contributed by atoms with Gasteiger partial charge < -0.3 is 5.32 Å². The van der Waals surface area contributed by atoms with E-state index in [2.05, 4.69) is 12.2 Å². The van der Waals surface area contributed by atoms with Gasteiger partial charge in [-0.3, -0.25) is 0 Å². The third-order valence-corrected chi connectivity index (χ3v) is 3.36. The van der Waals surface area contributed by atoms with Gasteiger partial charge in [0.1, 0.15) is 6.17 Å². The Morgan fingerprint density at radius 3 is 3.00 bits per heavy atom. The minimum absolute atomic E-state index is 0.190. The Hall–Kier alpha value is -0.110. The lowest BCUT2D eigenvalue weighted by molar-refractivity contribution is 0.0908. The Labute approximate surface area is 73.7 Å². The van der Waals surface area contributed by atoms with Crippen molar-refractivity contribution in [3.8, 4) is 0 Å². The molecule has 12 heavy (non-hydrogen) atoms. The molecule has 2 heteroatoms. The van der Waals surface area contributed by atoms with Crippen molar-refractivity contribution in [3.05, 3.63) is 0 Å². The van der Waals surface area contributed by atoms with Gasteiger partial charge in [-0.2, -0.15) is 0 Å². The largest absolute Gasteiger partial charge is 0.311 e. The van der Waals surface area contributed by atoms with Gasteiger partial charge in [0, 0.05) is 6.04 Å². The summed E-state index contributed by atoms with van der Waals surface area (Å²) in [6, 6.07) is 0.190. The maximum Gasteiger partial charge on any atom is 0.116 e. The lowest BCUT2D eigenvalue weighted by atomic mass is 9.76. The van der Waals surface area contributed by atoms with Crippen molar-refractivity contribution >= 4 is 0 Å². The van der Waals surface area contributed by atoms with Crippen molar-refractivity contribution in [2.75, 3.05) is 6.54 Å². The number of alkyl halides is 1. The quantitative estimate of drug-likeness (QED) is 0.588. The number of nitrogens with one attached hydrogen (secondary N) is 1. The summed E-state index contributed by atoms with van der Waals surface area (Å²) in [6.07, 6.45) is 3.77. The Kier molecular flexibility index (Phi) is 2.35. The SMILES string of the molecule is CC1CNC2C(F)CCCC2C1. The van der Waals surface area contributed by atoms with Gasteiger partial charge in [0.05, 0.1) is 0 Å². The van der Waals surface area contributed by atoms with Crippen molar-refractivity contribution in [3.63, 3.8) is 0 Å². The molecule has 1 saturated carbocycles. The van der Waals surface area contributed by atoms with E-state index in [4.69, 9.17) is 0 Å². The van der Waals surface area contributed by atoms with E-state index in [9.17, 15) is 4.39 Å². The van der Waals surface area contributed by atoms with Crippen LogP contribution in [-0.2, 0) is 0 Å². The fourth-order valence-electron chi connectivity index (χ4n) is 2.73. The third kappa shape index (κ3) is 1.49. The zero-order valence-corrected chi connectivity index (χ0v) is 7.72. The summed E-state index contributed by atoms with van der Waals surface area (Å²) in [6.45, 7) is 3.27. The normalized spacial score (nSPS) is 48.5. The standard InChI is InChI=1S/C10H18FN/c1-7-5-8-3-2-4-9(11)10(8)12-6-7/h7-10,12H,2-6H2,1H3. The summed E-state index contributed by atoms with van der Waals surface area (Å²) in [7, 11) is 0. The van der Waals surface area contributed by atoms with Gasteiger partial charge in [-0.1, -0.05) is 13.3 Å². The molecule has 0 aromatic carbocycles. The fourth-order valence-corrected chi connectivity index (χ4v) is 2.73. The van der Waals surface area contributed by atoms with E-state index in [0.717, 1.165) is 25.3 Å². The highest BCUT2D eigenvalue weighted by Gasteiger charge is 2.36. The van der Waals surface area contributed by atoms with Crippen LogP contribution in [-0.4, -0.2) is 18.8 Å². The molecule has 2 rings (SSSR count). The summed E-state index contributed by atoms with van der Waals surface area (Å²) >= 11 is 0. The molecule has 0 spiro atoms. The van der Waals surface area contributed by atoms with Crippen LogP contribution in [0.5, 0.6) is 0 Å². The summed E-state index contributed by atoms with van der Waals surface area (Å²) in [5.41, 5.74) is 0. The van der Waals surface area contributed by atoms with Crippen molar-refractivity contribution in [1.82, 2.24) is 5.32 Å². The molecule has 1 nitrogen and oxygen atoms in total. The molecular formula is C10H18FN. The van der Waals surface area contributed by atoms with Crippen LogP contribution in [0.25, 0.3) is 0 Å². The summed E-state index contributed by atoms with van der Waals surface area (Å²) in [4.78, 5) is 0. The third-order valence-electron chi connectivity index (χ3n) is 3.36. The molecule has 1 aliphatic carbocycles. The molecule has 0 aromatic rings. The topological polar surface area (TPSA) is 12.0 Å². The first-order chi connectivity index (χ1) is 5.77. The minimum Gasteiger partial charge on any atom is -0.311 e. The first-order valence-electron chi connectivity index (χ1n) is 5.15. The van der Waals surface area contributed by atoms with E-state index in [0.29, 0.717) is 5.92 Å². The molecule has 2 fully saturated rings. The highest BCUT2D eigenvalue weighted by Crippen LogP contribution is 2.33. The maximum absolute atomic E-state index is 13.4. The van der Waals surface area contributed by atoms with Gasteiger partial charge in [0.2, 0.25) is 0 Å². The molecule has 0 radical (unpaired) electrons. The highest BCUT2D eigenvalue weighted by molar-refractivity contribution is 4.92. The second-order valence-corrected chi connectivity index (χ2v) is 4.48. The van der Waals surface area contributed by atoms with Crippen molar-refractivity contribution < 1.29 is 4.39 Å². The Morgan fingerprint density at radius 2 is 2.17 bits per heavy atom. The van der Waals surface area contributed by atoms with Crippen molar-refractivity contribution in [2.24, 2.45) is 11.8 Å². The number of fused-ring (bicyclic) bond motifs is 1. The van der Waals surface area contributed by atoms with Gasteiger partial charge in [-0.25, -0.2) is 4.39 Å². The molecule has 4 atom stereocenters. The summed E-state index contributed by atoms with van der Waals surface area (Å²) in [5.74, 6) is 1.37. The summed E-state index contributed by atoms with van der Waals surface area (Å²) in [5, 5.41) is 3.35. The molecule has 1 saturated heterocycles. The van der Waals surface area contributed by atoms with Crippen LogP contribution in [0.4, 0.5) is 4.39 Å². The molecule has 1 heterocycles. The highest BCUT2D eigenvalue weighted by atomic mass is 19.1. The van der Waals surface area contributed by atoms with Crippen LogP contribution in [0.3, 0.4) is 0 Å². The van der Waals surface area contributed by atoms with E-state index < -0.39 is 6.17 Å². The molecule has 70 valence electrons. The predicted octanol–water partition coefficient (Wildman–Crippen LogP) is 2.12. The van der Waals surface area contributed by atoms with E-state index in [-0.39, 0.29) is 6.04 Å². The maximum atomic E-state index is 13.4.